The van der Waals surface area contributed by atoms with E-state index in [2.05, 4.69) is 63.5 Å². The minimum atomic E-state index is 0. The minimum absolute atomic E-state index is 0. The van der Waals surface area contributed by atoms with Crippen molar-refractivity contribution in [2.24, 2.45) is 0 Å². The fourth-order valence-electron chi connectivity index (χ4n) is 4.04. The van der Waals surface area contributed by atoms with Crippen LogP contribution in [0.2, 0.25) is 0 Å². The number of nitrogens with zero attached hydrogens (tertiary/aromatic N) is 1. The molecule has 0 atom stereocenters. The average molecular weight is 367 g/mol. The molecule has 0 radical (unpaired) electrons. The molecule has 28 heavy (non-hydrogen) atoms. The second-order valence-corrected chi connectivity index (χ2v) is 6.99. The van der Waals surface area contributed by atoms with Gasteiger partial charge in [-0.25, -0.2) is 4.98 Å². The summed E-state index contributed by atoms with van der Waals surface area (Å²) in [5, 5.41) is 2.32. The number of rotatable bonds is 2. The molecule has 5 aromatic rings. The largest absolute Gasteiger partial charge is 0.492 e. The van der Waals surface area contributed by atoms with Gasteiger partial charge in [-0.05, 0) is 40.8 Å². The molecule has 2 N–H and O–H groups in total. The van der Waals surface area contributed by atoms with Crippen molar-refractivity contribution >= 4 is 21.9 Å². The van der Waals surface area contributed by atoms with E-state index in [-0.39, 0.29) is 7.43 Å². The second-order valence-electron chi connectivity index (χ2n) is 6.99. The van der Waals surface area contributed by atoms with E-state index in [9.17, 15) is 0 Å². The molecule has 2 aromatic carbocycles. The van der Waals surface area contributed by atoms with E-state index in [1.807, 2.05) is 18.6 Å². The monoisotopic (exact) mass is 367 g/mol. The molecule has 1 aliphatic rings. The molecule has 6 rings (SSSR count). The molecule has 0 spiro atoms. The van der Waals surface area contributed by atoms with Gasteiger partial charge in [0.05, 0.1) is 6.61 Å². The Morgan fingerprint density at radius 3 is 2.86 bits per heavy atom. The molecule has 138 valence electrons. The third kappa shape index (κ3) is 2.42. The summed E-state index contributed by atoms with van der Waals surface area (Å²) in [5.74, 6) is 1.01. The Labute approximate surface area is 163 Å². The topological polar surface area (TPSA) is 53.7 Å². The van der Waals surface area contributed by atoms with Crippen LogP contribution < -0.4 is 4.74 Å². The van der Waals surface area contributed by atoms with Gasteiger partial charge in [0.25, 0.3) is 0 Å². The van der Waals surface area contributed by atoms with Gasteiger partial charge in [0.2, 0.25) is 0 Å². The highest BCUT2D eigenvalue weighted by atomic mass is 16.5. The molecule has 0 bridgehead atoms. The van der Waals surface area contributed by atoms with Crippen molar-refractivity contribution in [1.29, 1.82) is 0 Å². The van der Waals surface area contributed by atoms with Crippen LogP contribution in [0.1, 0.15) is 13.0 Å². The van der Waals surface area contributed by atoms with Gasteiger partial charge in [0.1, 0.15) is 11.4 Å². The number of fused-ring (bicyclic) bond motifs is 3. The smallest absolute Gasteiger partial charge is 0.137 e. The highest BCUT2D eigenvalue weighted by Gasteiger charge is 2.19. The second kappa shape index (κ2) is 6.27. The van der Waals surface area contributed by atoms with Crippen molar-refractivity contribution in [2.45, 2.75) is 13.8 Å². The third-order valence-electron chi connectivity index (χ3n) is 5.42. The maximum Gasteiger partial charge on any atom is 0.137 e. The lowest BCUT2D eigenvalue weighted by Crippen LogP contribution is -1.88. The Hall–Kier alpha value is -3.53. The summed E-state index contributed by atoms with van der Waals surface area (Å²) in [7, 11) is 0. The predicted octanol–water partition coefficient (Wildman–Crippen LogP) is 5.95. The van der Waals surface area contributed by atoms with Crippen molar-refractivity contribution in [3.63, 3.8) is 0 Å². The molecule has 3 aromatic heterocycles. The molecule has 4 nitrogen and oxygen atoms in total. The first-order chi connectivity index (χ1) is 13.4. The Balaban J connectivity index is 0.00000171. The first-order valence-corrected chi connectivity index (χ1v) is 9.16. The molecule has 0 aliphatic carbocycles. The van der Waals surface area contributed by atoms with Crippen molar-refractivity contribution in [3.8, 4) is 28.0 Å². The summed E-state index contributed by atoms with van der Waals surface area (Å²) >= 11 is 0. The van der Waals surface area contributed by atoms with Crippen LogP contribution in [0, 0.1) is 0 Å². The molecule has 0 saturated carbocycles. The first-order valence-electron chi connectivity index (χ1n) is 9.16. The fraction of sp³-hybridized carbons (Fsp3) is 0.125. The van der Waals surface area contributed by atoms with Gasteiger partial charge in [0, 0.05) is 52.6 Å². The van der Waals surface area contributed by atoms with Crippen molar-refractivity contribution in [2.75, 3.05) is 6.61 Å². The van der Waals surface area contributed by atoms with Crippen LogP contribution in [0.4, 0.5) is 0 Å². The summed E-state index contributed by atoms with van der Waals surface area (Å²) in [4.78, 5) is 11.2. The molecule has 0 fully saturated rings. The normalized spacial score (nSPS) is 12.7. The number of hydrogen-bond donors (Lipinski definition) is 2. The number of pyridine rings is 1. The van der Waals surface area contributed by atoms with Crippen LogP contribution in [0.3, 0.4) is 0 Å². The molecular formula is C24H21N3O. The minimum Gasteiger partial charge on any atom is -0.492 e. The van der Waals surface area contributed by atoms with E-state index in [1.165, 1.54) is 10.9 Å². The molecule has 0 unspecified atom stereocenters. The Morgan fingerprint density at radius 2 is 1.89 bits per heavy atom. The fourth-order valence-corrected chi connectivity index (χ4v) is 4.04. The Bertz CT molecular complexity index is 1310. The van der Waals surface area contributed by atoms with Crippen LogP contribution in [-0.2, 0) is 6.42 Å². The summed E-state index contributed by atoms with van der Waals surface area (Å²) in [5.41, 5.74) is 7.87. The number of para-hydroxylation sites is 1. The molecule has 0 amide bonds. The maximum atomic E-state index is 5.92. The van der Waals surface area contributed by atoms with Crippen LogP contribution in [-0.4, -0.2) is 21.6 Å². The zero-order valence-electron chi connectivity index (χ0n) is 14.6. The predicted molar refractivity (Wildman–Crippen MR) is 115 cm³/mol. The number of ether oxygens (including phenoxy) is 1. The number of nitrogens with one attached hydrogen (secondary N) is 2. The average Bonchev–Trinajstić information content (AvgIpc) is 3.44. The first kappa shape index (κ1) is 16.6. The van der Waals surface area contributed by atoms with Crippen molar-refractivity contribution in [3.05, 3.63) is 72.7 Å². The molecule has 4 heteroatoms. The van der Waals surface area contributed by atoms with E-state index < -0.39 is 0 Å². The van der Waals surface area contributed by atoms with Crippen LogP contribution in [0.15, 0.2) is 67.1 Å². The Morgan fingerprint density at radius 1 is 0.929 bits per heavy atom. The summed E-state index contributed by atoms with van der Waals surface area (Å²) < 4.78 is 5.92. The van der Waals surface area contributed by atoms with Crippen LogP contribution >= 0.6 is 0 Å². The zero-order valence-corrected chi connectivity index (χ0v) is 14.6. The lowest BCUT2D eigenvalue weighted by atomic mass is 9.99. The van der Waals surface area contributed by atoms with Crippen molar-refractivity contribution < 1.29 is 4.74 Å². The maximum absolute atomic E-state index is 5.92. The van der Waals surface area contributed by atoms with Crippen LogP contribution in [0.25, 0.3) is 44.2 Å². The number of H-pyrrole nitrogens is 2. The summed E-state index contributed by atoms with van der Waals surface area (Å²) in [6, 6.07) is 17.2. The molecule has 1 aliphatic heterocycles. The lowest BCUT2D eigenvalue weighted by Gasteiger charge is -2.08. The standard InChI is InChI=1S/C23H17N3O.CH4/c1-2-14-7-9-27-22(14)18(3-1)20-13-26-23-19(20)11-17(12-25-23)15-4-5-21-16(10-15)6-8-24-21;/h1-6,8,10-13,24H,7,9H2,(H,25,26);1H4. The van der Waals surface area contributed by atoms with E-state index in [0.717, 1.165) is 57.6 Å². The summed E-state index contributed by atoms with van der Waals surface area (Å²) in [6.07, 6.45) is 6.91. The van der Waals surface area contributed by atoms with Crippen LogP contribution in [0.5, 0.6) is 5.75 Å². The molecular weight excluding hydrogens is 346 g/mol. The SMILES string of the molecule is C.c1cc2c(c(-c3c[nH]c4ncc(-c5ccc6[nH]ccc6c5)cc34)c1)OCC2. The number of benzene rings is 2. The zero-order chi connectivity index (χ0) is 17.8. The van der Waals surface area contributed by atoms with E-state index in [1.54, 1.807) is 0 Å². The molecule has 0 saturated heterocycles. The van der Waals surface area contributed by atoms with Gasteiger partial charge in [0.15, 0.2) is 0 Å². The molecule has 4 heterocycles. The summed E-state index contributed by atoms with van der Waals surface area (Å²) in [6.45, 7) is 0.759. The van der Waals surface area contributed by atoms with Gasteiger partial charge in [-0.15, -0.1) is 0 Å². The highest BCUT2D eigenvalue weighted by molar-refractivity contribution is 5.98. The van der Waals surface area contributed by atoms with Gasteiger partial charge in [-0.3, -0.25) is 0 Å². The van der Waals surface area contributed by atoms with Gasteiger partial charge >= 0.3 is 0 Å². The Kier molecular flexibility index (Phi) is 3.72. The quantitative estimate of drug-likeness (QED) is 0.405. The van der Waals surface area contributed by atoms with E-state index in [0.29, 0.717) is 0 Å². The number of hydrogen-bond acceptors (Lipinski definition) is 2. The van der Waals surface area contributed by atoms with E-state index >= 15 is 0 Å². The van der Waals surface area contributed by atoms with Gasteiger partial charge in [-0.2, -0.15) is 0 Å². The van der Waals surface area contributed by atoms with Crippen molar-refractivity contribution in [1.82, 2.24) is 15.0 Å². The number of aromatic amines is 2. The van der Waals surface area contributed by atoms with Gasteiger partial charge < -0.3 is 14.7 Å². The highest BCUT2D eigenvalue weighted by Crippen LogP contribution is 2.40. The van der Waals surface area contributed by atoms with E-state index in [4.69, 9.17) is 4.74 Å². The van der Waals surface area contributed by atoms with Gasteiger partial charge in [-0.1, -0.05) is 31.7 Å². The lowest BCUT2D eigenvalue weighted by molar-refractivity contribution is 0.358. The number of aromatic nitrogens is 3. The third-order valence-corrected chi connectivity index (χ3v) is 5.42.